The van der Waals surface area contributed by atoms with Crippen molar-refractivity contribution in [1.82, 2.24) is 15.0 Å². The van der Waals surface area contributed by atoms with Crippen molar-refractivity contribution in [2.24, 2.45) is 0 Å². The number of benzene rings is 3. The summed E-state index contributed by atoms with van der Waals surface area (Å²) < 4.78 is 2.31. The van der Waals surface area contributed by atoms with E-state index < -0.39 is 0 Å². The lowest BCUT2D eigenvalue weighted by molar-refractivity contribution is 0.205. The molecule has 0 bridgehead atoms. The third kappa shape index (κ3) is 4.50. The molecule has 0 amide bonds. The van der Waals surface area contributed by atoms with E-state index in [4.69, 9.17) is 10.2 Å². The largest absolute Gasteiger partial charge is 0.324 e. The van der Waals surface area contributed by atoms with Crippen LogP contribution in [-0.4, -0.2) is 14.8 Å². The van der Waals surface area contributed by atoms with Crippen molar-refractivity contribution in [1.29, 1.82) is 0 Å². The van der Waals surface area contributed by atoms with Gasteiger partial charge in [-0.2, -0.15) is 0 Å². The summed E-state index contributed by atoms with van der Waals surface area (Å²) in [5.74, 6) is 0.971. The first-order valence-corrected chi connectivity index (χ1v) is 10.1. The average molecular weight is 396 g/mol. The van der Waals surface area contributed by atoms with Crippen molar-refractivity contribution >= 4 is 17.1 Å². The fraction of sp³-hybridized carbons (Fsp3) is 0.115. The summed E-state index contributed by atoms with van der Waals surface area (Å²) in [6, 6.07) is 27.1. The first-order chi connectivity index (χ1) is 14.7. The molecule has 0 aliphatic carbocycles. The highest BCUT2D eigenvalue weighted by atomic mass is 16.5. The van der Waals surface area contributed by atoms with Crippen LogP contribution >= 0.6 is 0 Å². The molecular weight excluding hydrogens is 370 g/mol. The van der Waals surface area contributed by atoms with Crippen molar-refractivity contribution in [2.75, 3.05) is 0 Å². The second-order valence-corrected chi connectivity index (χ2v) is 7.26. The Kier molecular flexibility index (Phi) is 6.06. The molecule has 0 saturated heterocycles. The normalized spacial score (nSPS) is 11.2. The second-order valence-electron chi connectivity index (χ2n) is 7.26. The predicted octanol–water partition coefficient (Wildman–Crippen LogP) is 5.84. The minimum absolute atomic E-state index is 0.438. The molecular formula is C26H25N3O. The molecule has 30 heavy (non-hydrogen) atoms. The van der Waals surface area contributed by atoms with Gasteiger partial charge in [0.1, 0.15) is 5.82 Å². The van der Waals surface area contributed by atoms with Gasteiger partial charge in [-0.15, -0.1) is 0 Å². The van der Waals surface area contributed by atoms with Gasteiger partial charge in [0.2, 0.25) is 0 Å². The van der Waals surface area contributed by atoms with E-state index in [1.165, 1.54) is 5.56 Å². The van der Waals surface area contributed by atoms with Crippen LogP contribution in [-0.2, 0) is 13.0 Å². The molecule has 0 spiro atoms. The van der Waals surface area contributed by atoms with Crippen LogP contribution in [0.25, 0.3) is 28.5 Å². The zero-order valence-corrected chi connectivity index (χ0v) is 16.8. The standard InChI is InChI=1S/C26H25N3O/c1-20(28-30)16-17-22-11-7-13-23(19-22)26-27-24-14-5-6-15-25(24)29(26)18-8-12-21-9-3-2-4-10-21/h2-7,9-11,13-17,19,28,30H,1,8,12,18H2/b17-16+. The smallest absolute Gasteiger partial charge is 0.141 e. The third-order valence-electron chi connectivity index (χ3n) is 5.11. The maximum atomic E-state index is 8.91. The van der Waals surface area contributed by atoms with E-state index in [2.05, 4.69) is 71.8 Å². The van der Waals surface area contributed by atoms with Crippen molar-refractivity contribution in [2.45, 2.75) is 19.4 Å². The zero-order valence-electron chi connectivity index (χ0n) is 16.8. The monoisotopic (exact) mass is 395 g/mol. The molecule has 0 radical (unpaired) electrons. The first-order valence-electron chi connectivity index (χ1n) is 10.1. The lowest BCUT2D eigenvalue weighted by Gasteiger charge is -2.10. The molecule has 2 N–H and O–H groups in total. The number of imidazole rings is 1. The lowest BCUT2D eigenvalue weighted by atomic mass is 10.1. The molecule has 4 nitrogen and oxygen atoms in total. The number of aromatic nitrogens is 2. The number of fused-ring (bicyclic) bond motifs is 1. The Bertz CT molecular complexity index is 1180. The molecule has 0 unspecified atom stereocenters. The van der Waals surface area contributed by atoms with Crippen LogP contribution in [0.1, 0.15) is 17.5 Å². The van der Waals surface area contributed by atoms with E-state index in [0.29, 0.717) is 5.70 Å². The lowest BCUT2D eigenvalue weighted by Crippen LogP contribution is -2.02. The zero-order chi connectivity index (χ0) is 20.8. The molecule has 0 fully saturated rings. The van der Waals surface area contributed by atoms with Gasteiger partial charge >= 0.3 is 0 Å². The minimum atomic E-state index is 0.438. The van der Waals surface area contributed by atoms with Crippen molar-refractivity contribution < 1.29 is 5.21 Å². The minimum Gasteiger partial charge on any atom is -0.324 e. The highest BCUT2D eigenvalue weighted by Crippen LogP contribution is 2.26. The van der Waals surface area contributed by atoms with E-state index >= 15 is 0 Å². The van der Waals surface area contributed by atoms with E-state index in [1.54, 1.807) is 6.08 Å². The summed E-state index contributed by atoms with van der Waals surface area (Å²) in [6.07, 6.45) is 5.73. The van der Waals surface area contributed by atoms with E-state index in [0.717, 1.165) is 47.4 Å². The van der Waals surface area contributed by atoms with Gasteiger partial charge in [-0.05, 0) is 48.2 Å². The molecule has 0 atom stereocenters. The van der Waals surface area contributed by atoms with Gasteiger partial charge in [0.25, 0.3) is 0 Å². The molecule has 0 aliphatic heterocycles. The molecule has 150 valence electrons. The third-order valence-corrected chi connectivity index (χ3v) is 5.11. The molecule has 0 saturated carbocycles. The van der Waals surface area contributed by atoms with E-state index in [9.17, 15) is 0 Å². The number of hydrogen-bond donors (Lipinski definition) is 2. The summed E-state index contributed by atoms with van der Waals surface area (Å²) >= 11 is 0. The van der Waals surface area contributed by atoms with Gasteiger partial charge < -0.3 is 4.57 Å². The van der Waals surface area contributed by atoms with Crippen LogP contribution in [0.5, 0.6) is 0 Å². The van der Waals surface area contributed by atoms with E-state index in [-0.39, 0.29) is 0 Å². The Morgan fingerprint density at radius 1 is 1.00 bits per heavy atom. The highest BCUT2D eigenvalue weighted by molar-refractivity contribution is 5.81. The van der Waals surface area contributed by atoms with Crippen LogP contribution in [0.15, 0.2) is 97.2 Å². The molecule has 1 aromatic heterocycles. The maximum absolute atomic E-state index is 8.91. The number of hydroxylamine groups is 1. The van der Waals surface area contributed by atoms with Crippen LogP contribution < -0.4 is 5.48 Å². The Morgan fingerprint density at radius 2 is 1.80 bits per heavy atom. The van der Waals surface area contributed by atoms with Crippen LogP contribution in [0, 0.1) is 0 Å². The molecule has 1 heterocycles. The number of allylic oxidation sites excluding steroid dienone is 1. The topological polar surface area (TPSA) is 50.1 Å². The van der Waals surface area contributed by atoms with Gasteiger partial charge in [-0.1, -0.05) is 73.3 Å². The van der Waals surface area contributed by atoms with Crippen LogP contribution in [0.2, 0.25) is 0 Å². The number of nitrogens with one attached hydrogen (secondary N) is 1. The van der Waals surface area contributed by atoms with Crippen molar-refractivity contribution in [3.8, 4) is 11.4 Å². The average Bonchev–Trinajstić information content (AvgIpc) is 3.17. The molecule has 0 aliphatic rings. The van der Waals surface area contributed by atoms with Gasteiger partial charge in [-0.3, -0.25) is 10.7 Å². The fourth-order valence-corrected chi connectivity index (χ4v) is 3.62. The van der Waals surface area contributed by atoms with Gasteiger partial charge in [0.05, 0.1) is 16.7 Å². The molecule has 4 aromatic rings. The maximum Gasteiger partial charge on any atom is 0.141 e. The number of nitrogens with zero attached hydrogens (tertiary/aromatic N) is 2. The predicted molar refractivity (Wildman–Crippen MR) is 123 cm³/mol. The van der Waals surface area contributed by atoms with Crippen LogP contribution in [0.3, 0.4) is 0 Å². The van der Waals surface area contributed by atoms with Crippen molar-refractivity contribution in [3.05, 3.63) is 108 Å². The second kappa shape index (κ2) is 9.25. The summed E-state index contributed by atoms with van der Waals surface area (Å²) in [5.41, 5.74) is 8.08. The molecule has 3 aromatic carbocycles. The Labute approximate surface area is 176 Å². The summed E-state index contributed by atoms with van der Waals surface area (Å²) in [4.78, 5) is 4.93. The highest BCUT2D eigenvalue weighted by Gasteiger charge is 2.12. The summed E-state index contributed by atoms with van der Waals surface area (Å²) in [6.45, 7) is 4.60. The van der Waals surface area contributed by atoms with Crippen molar-refractivity contribution in [3.63, 3.8) is 0 Å². The summed E-state index contributed by atoms with van der Waals surface area (Å²) in [5, 5.41) is 8.91. The Balaban J connectivity index is 1.64. The molecule has 4 heteroatoms. The SMILES string of the molecule is C=C(/C=C/c1cccc(-c2nc3ccccc3n2CCCc2ccccc2)c1)NO. The Hall–Kier alpha value is -3.63. The summed E-state index contributed by atoms with van der Waals surface area (Å²) in [7, 11) is 0. The fourth-order valence-electron chi connectivity index (χ4n) is 3.62. The number of aryl methyl sites for hydroxylation is 2. The number of para-hydroxylation sites is 2. The van der Waals surface area contributed by atoms with Gasteiger partial charge in [0.15, 0.2) is 0 Å². The van der Waals surface area contributed by atoms with Gasteiger partial charge in [0, 0.05) is 12.1 Å². The van der Waals surface area contributed by atoms with Crippen LogP contribution in [0.4, 0.5) is 0 Å². The first kappa shape index (κ1) is 19.7. The quantitative estimate of drug-likeness (QED) is 0.291. The molecule has 4 rings (SSSR count). The Morgan fingerprint density at radius 3 is 2.63 bits per heavy atom. The van der Waals surface area contributed by atoms with Gasteiger partial charge in [-0.25, -0.2) is 4.98 Å². The number of hydrogen-bond acceptors (Lipinski definition) is 3. The number of rotatable bonds is 8. The van der Waals surface area contributed by atoms with E-state index in [1.807, 2.05) is 29.8 Å².